The van der Waals surface area contributed by atoms with Gasteiger partial charge in [-0.05, 0) is 31.4 Å². The standard InChI is InChI=1S/C13H15N3O2/c1-18-13(17)15-8-4-5-10-9(7-8)12-11(16-10)3-2-6-14-12/h2-3,6,8,16H,4-5,7H2,1H3,(H,15,17). The summed E-state index contributed by atoms with van der Waals surface area (Å²) in [6.07, 6.45) is 4.10. The smallest absolute Gasteiger partial charge is 0.407 e. The van der Waals surface area contributed by atoms with Gasteiger partial charge in [0, 0.05) is 23.5 Å². The van der Waals surface area contributed by atoms with Crippen LogP contribution in [0.3, 0.4) is 0 Å². The fourth-order valence-electron chi connectivity index (χ4n) is 2.58. The van der Waals surface area contributed by atoms with Crippen molar-refractivity contribution in [2.24, 2.45) is 0 Å². The maximum Gasteiger partial charge on any atom is 0.407 e. The number of nitrogens with zero attached hydrogens (tertiary/aromatic N) is 1. The molecule has 5 heteroatoms. The fourth-order valence-corrected chi connectivity index (χ4v) is 2.58. The number of hydrogen-bond acceptors (Lipinski definition) is 3. The van der Waals surface area contributed by atoms with Crippen LogP contribution < -0.4 is 5.32 Å². The number of hydrogen-bond donors (Lipinski definition) is 2. The number of carbonyl (C=O) groups is 1. The Morgan fingerprint density at radius 2 is 2.50 bits per heavy atom. The van der Waals surface area contributed by atoms with E-state index in [0.29, 0.717) is 0 Å². The summed E-state index contributed by atoms with van der Waals surface area (Å²) in [4.78, 5) is 19.0. The molecule has 0 bridgehead atoms. The van der Waals surface area contributed by atoms with Gasteiger partial charge in [-0.15, -0.1) is 0 Å². The van der Waals surface area contributed by atoms with Crippen molar-refractivity contribution in [1.29, 1.82) is 0 Å². The van der Waals surface area contributed by atoms with E-state index in [1.54, 1.807) is 6.20 Å². The third-order valence-corrected chi connectivity index (χ3v) is 3.44. The number of fused-ring (bicyclic) bond motifs is 3. The van der Waals surface area contributed by atoms with Crippen molar-refractivity contribution < 1.29 is 9.53 Å². The van der Waals surface area contributed by atoms with E-state index in [4.69, 9.17) is 0 Å². The van der Waals surface area contributed by atoms with E-state index in [2.05, 4.69) is 20.0 Å². The van der Waals surface area contributed by atoms with Crippen LogP contribution in [0.4, 0.5) is 4.79 Å². The van der Waals surface area contributed by atoms with E-state index >= 15 is 0 Å². The van der Waals surface area contributed by atoms with E-state index in [9.17, 15) is 4.79 Å². The van der Waals surface area contributed by atoms with Gasteiger partial charge >= 0.3 is 6.09 Å². The van der Waals surface area contributed by atoms with E-state index in [1.165, 1.54) is 18.4 Å². The van der Waals surface area contributed by atoms with E-state index in [0.717, 1.165) is 30.3 Å². The molecule has 1 atom stereocenters. The fraction of sp³-hybridized carbons (Fsp3) is 0.385. The van der Waals surface area contributed by atoms with Gasteiger partial charge in [-0.3, -0.25) is 4.98 Å². The number of methoxy groups -OCH3 is 1. The molecule has 2 N–H and O–H groups in total. The van der Waals surface area contributed by atoms with Crippen molar-refractivity contribution in [3.63, 3.8) is 0 Å². The Hall–Kier alpha value is -2.04. The Kier molecular flexibility index (Phi) is 2.66. The highest BCUT2D eigenvalue weighted by Crippen LogP contribution is 2.27. The van der Waals surface area contributed by atoms with Crippen molar-refractivity contribution in [3.8, 4) is 0 Å². The van der Waals surface area contributed by atoms with Gasteiger partial charge in [0.1, 0.15) is 0 Å². The molecule has 2 aromatic rings. The third kappa shape index (κ3) is 1.81. The number of amides is 1. The molecule has 2 heterocycles. The van der Waals surface area contributed by atoms with Gasteiger partial charge in [0.05, 0.1) is 18.1 Å². The summed E-state index contributed by atoms with van der Waals surface area (Å²) in [5, 5.41) is 2.86. The van der Waals surface area contributed by atoms with E-state index in [1.807, 2.05) is 12.1 Å². The van der Waals surface area contributed by atoms with Gasteiger partial charge in [-0.1, -0.05) is 0 Å². The molecule has 1 aliphatic carbocycles. The summed E-state index contributed by atoms with van der Waals surface area (Å²) >= 11 is 0. The van der Waals surface area contributed by atoms with Gasteiger partial charge in [0.25, 0.3) is 0 Å². The molecule has 0 fully saturated rings. The Balaban J connectivity index is 1.89. The van der Waals surface area contributed by atoms with Crippen molar-refractivity contribution >= 4 is 17.1 Å². The first-order valence-corrected chi connectivity index (χ1v) is 6.07. The van der Waals surface area contributed by atoms with E-state index < -0.39 is 0 Å². The minimum atomic E-state index is -0.365. The number of aromatic nitrogens is 2. The normalized spacial score (nSPS) is 18.4. The maximum atomic E-state index is 11.2. The van der Waals surface area contributed by atoms with Crippen LogP contribution in [-0.2, 0) is 17.6 Å². The topological polar surface area (TPSA) is 67.0 Å². The molecule has 1 amide bonds. The number of H-pyrrole nitrogens is 1. The molecule has 0 saturated heterocycles. The van der Waals surface area contributed by atoms with Crippen molar-refractivity contribution in [2.75, 3.05) is 7.11 Å². The lowest BCUT2D eigenvalue weighted by atomic mass is 9.93. The molecule has 94 valence electrons. The molecule has 5 nitrogen and oxygen atoms in total. The molecular formula is C13H15N3O2. The van der Waals surface area contributed by atoms with Crippen LogP contribution in [0, 0.1) is 0 Å². The molecule has 0 spiro atoms. The van der Waals surface area contributed by atoms with E-state index in [-0.39, 0.29) is 12.1 Å². The minimum Gasteiger partial charge on any atom is -0.453 e. The summed E-state index contributed by atoms with van der Waals surface area (Å²) in [5.41, 5.74) is 4.55. The van der Waals surface area contributed by atoms with Crippen molar-refractivity contribution in [3.05, 3.63) is 29.6 Å². The zero-order valence-electron chi connectivity index (χ0n) is 10.2. The Labute approximate surface area is 105 Å². The molecular weight excluding hydrogens is 230 g/mol. The van der Waals surface area contributed by atoms with Crippen molar-refractivity contribution in [2.45, 2.75) is 25.3 Å². The number of carbonyl (C=O) groups excluding carboxylic acids is 1. The van der Waals surface area contributed by atoms with Gasteiger partial charge in [0.15, 0.2) is 0 Å². The number of rotatable bonds is 1. The lowest BCUT2D eigenvalue weighted by Crippen LogP contribution is -2.38. The first kappa shape index (κ1) is 11.1. The second-order valence-corrected chi connectivity index (χ2v) is 4.56. The Morgan fingerprint density at radius 1 is 1.61 bits per heavy atom. The first-order chi connectivity index (χ1) is 8.78. The molecule has 0 radical (unpaired) electrons. The molecule has 1 aliphatic rings. The summed E-state index contributed by atoms with van der Waals surface area (Å²) in [7, 11) is 1.39. The summed E-state index contributed by atoms with van der Waals surface area (Å²) in [5.74, 6) is 0. The van der Waals surface area contributed by atoms with Crippen LogP contribution >= 0.6 is 0 Å². The predicted octanol–water partition coefficient (Wildman–Crippen LogP) is 1.78. The van der Waals surface area contributed by atoms with Crippen LogP contribution in [0.5, 0.6) is 0 Å². The SMILES string of the molecule is COC(=O)NC1CCc2[nH]c3cccnc3c2C1. The average molecular weight is 245 g/mol. The lowest BCUT2D eigenvalue weighted by Gasteiger charge is -2.22. The summed E-state index contributed by atoms with van der Waals surface area (Å²) < 4.78 is 4.64. The second kappa shape index (κ2) is 4.33. The molecule has 1 unspecified atom stereocenters. The number of nitrogens with one attached hydrogen (secondary N) is 2. The minimum absolute atomic E-state index is 0.131. The zero-order chi connectivity index (χ0) is 12.5. The van der Waals surface area contributed by atoms with Crippen LogP contribution in [0.25, 0.3) is 11.0 Å². The maximum absolute atomic E-state index is 11.2. The zero-order valence-corrected chi connectivity index (χ0v) is 10.2. The molecule has 0 saturated carbocycles. The number of alkyl carbamates (subject to hydrolysis) is 1. The van der Waals surface area contributed by atoms with Gasteiger partial charge in [0.2, 0.25) is 0 Å². The summed E-state index contributed by atoms with van der Waals surface area (Å²) in [6, 6.07) is 4.09. The summed E-state index contributed by atoms with van der Waals surface area (Å²) in [6.45, 7) is 0. The number of aryl methyl sites for hydroxylation is 1. The lowest BCUT2D eigenvalue weighted by molar-refractivity contribution is 0.165. The van der Waals surface area contributed by atoms with Crippen LogP contribution in [0.15, 0.2) is 18.3 Å². The number of ether oxygens (including phenoxy) is 1. The largest absolute Gasteiger partial charge is 0.453 e. The average Bonchev–Trinajstić information content (AvgIpc) is 2.77. The highest BCUT2D eigenvalue weighted by Gasteiger charge is 2.24. The van der Waals surface area contributed by atoms with Gasteiger partial charge in [-0.25, -0.2) is 4.79 Å². The predicted molar refractivity (Wildman–Crippen MR) is 67.4 cm³/mol. The molecule has 3 rings (SSSR count). The molecule has 0 aliphatic heterocycles. The third-order valence-electron chi connectivity index (χ3n) is 3.44. The molecule has 2 aromatic heterocycles. The highest BCUT2D eigenvalue weighted by atomic mass is 16.5. The van der Waals surface area contributed by atoms with Gasteiger partial charge in [-0.2, -0.15) is 0 Å². The number of pyridine rings is 1. The second-order valence-electron chi connectivity index (χ2n) is 4.56. The molecule has 18 heavy (non-hydrogen) atoms. The monoisotopic (exact) mass is 245 g/mol. The Morgan fingerprint density at radius 3 is 3.33 bits per heavy atom. The quantitative estimate of drug-likeness (QED) is 0.804. The highest BCUT2D eigenvalue weighted by molar-refractivity contribution is 5.80. The van der Waals surface area contributed by atoms with Gasteiger partial charge < -0.3 is 15.0 Å². The molecule has 0 aromatic carbocycles. The van der Waals surface area contributed by atoms with Crippen molar-refractivity contribution in [1.82, 2.24) is 15.3 Å². The van der Waals surface area contributed by atoms with Crippen LogP contribution in [0.1, 0.15) is 17.7 Å². The number of aromatic amines is 1. The van der Waals surface area contributed by atoms with Crippen LogP contribution in [0.2, 0.25) is 0 Å². The Bertz CT molecular complexity index is 591. The first-order valence-electron chi connectivity index (χ1n) is 6.07. The van der Waals surface area contributed by atoms with Crippen LogP contribution in [-0.4, -0.2) is 29.2 Å².